The minimum atomic E-state index is -0.879. The molecule has 1 aromatic heterocycles. The maximum absolute atomic E-state index is 12.0. The van der Waals surface area contributed by atoms with Gasteiger partial charge in [-0.15, -0.1) is 0 Å². The van der Waals surface area contributed by atoms with Crippen LogP contribution in [-0.2, 0) is 24.8 Å². The number of nitrogens with one attached hydrogen (secondary N) is 2. The number of hydrogen-bond donors (Lipinski definition) is 3. The van der Waals surface area contributed by atoms with Crippen molar-refractivity contribution in [3.05, 3.63) is 17.5 Å². The molecule has 1 aliphatic carbocycles. The quantitative estimate of drug-likeness (QED) is 0.734. The van der Waals surface area contributed by atoms with E-state index in [2.05, 4.69) is 15.7 Å². The van der Waals surface area contributed by atoms with Crippen molar-refractivity contribution in [3.8, 4) is 0 Å². The van der Waals surface area contributed by atoms with E-state index in [-0.39, 0.29) is 12.5 Å². The van der Waals surface area contributed by atoms with Crippen molar-refractivity contribution >= 4 is 12.0 Å². The van der Waals surface area contributed by atoms with E-state index in [9.17, 15) is 9.59 Å². The summed E-state index contributed by atoms with van der Waals surface area (Å²) < 4.78 is 1.73. The summed E-state index contributed by atoms with van der Waals surface area (Å²) in [6.45, 7) is 2.41. The molecule has 0 bridgehead atoms. The van der Waals surface area contributed by atoms with Crippen LogP contribution in [0.2, 0.25) is 0 Å². The van der Waals surface area contributed by atoms with Crippen molar-refractivity contribution < 1.29 is 14.7 Å². The summed E-state index contributed by atoms with van der Waals surface area (Å²) in [5, 5.41) is 18.8. The van der Waals surface area contributed by atoms with Crippen LogP contribution in [0.5, 0.6) is 0 Å². The van der Waals surface area contributed by atoms with Crippen LogP contribution in [0.1, 0.15) is 43.9 Å². The zero-order valence-electron chi connectivity index (χ0n) is 12.5. The maximum atomic E-state index is 12.0. The van der Waals surface area contributed by atoms with Crippen LogP contribution < -0.4 is 10.6 Å². The summed E-state index contributed by atoms with van der Waals surface area (Å²) in [5.41, 5.74) is 1.37. The van der Waals surface area contributed by atoms with E-state index >= 15 is 0 Å². The number of rotatable bonds is 6. The number of carboxylic acid groups (broad SMARTS) is 1. The average molecular weight is 294 g/mol. The summed E-state index contributed by atoms with van der Waals surface area (Å²) in [6.07, 6.45) is 5.07. The molecule has 1 fully saturated rings. The van der Waals surface area contributed by atoms with Gasteiger partial charge in [0.15, 0.2) is 0 Å². The molecule has 0 unspecified atom stereocenters. The Labute approximate surface area is 123 Å². The van der Waals surface area contributed by atoms with E-state index in [1.165, 1.54) is 0 Å². The van der Waals surface area contributed by atoms with Crippen LogP contribution >= 0.6 is 0 Å². The van der Waals surface area contributed by atoms with Crippen LogP contribution in [0.15, 0.2) is 6.20 Å². The van der Waals surface area contributed by atoms with Crippen molar-refractivity contribution in [1.82, 2.24) is 20.4 Å². The summed E-state index contributed by atoms with van der Waals surface area (Å²) in [5.74, 6) is -0.879. The minimum absolute atomic E-state index is 0.0203. The lowest BCUT2D eigenvalue weighted by atomic mass is 9.74. The Kier molecular flexibility index (Phi) is 4.50. The predicted octanol–water partition coefficient (Wildman–Crippen LogP) is 1.18. The first kappa shape index (κ1) is 15.3. The molecule has 0 spiro atoms. The van der Waals surface area contributed by atoms with Gasteiger partial charge in [-0.25, -0.2) is 4.79 Å². The van der Waals surface area contributed by atoms with Crippen molar-refractivity contribution in [1.29, 1.82) is 0 Å². The molecule has 116 valence electrons. The minimum Gasteiger partial charge on any atom is -0.481 e. The second-order valence-corrected chi connectivity index (χ2v) is 5.64. The average Bonchev–Trinajstić information content (AvgIpc) is 2.73. The number of aryl methyl sites for hydroxylation is 2. The van der Waals surface area contributed by atoms with Gasteiger partial charge < -0.3 is 15.7 Å². The van der Waals surface area contributed by atoms with Crippen molar-refractivity contribution in [2.75, 3.05) is 0 Å². The van der Waals surface area contributed by atoms with E-state index in [1.54, 1.807) is 4.68 Å². The lowest BCUT2D eigenvalue weighted by Crippen LogP contribution is -2.57. The molecular formula is C14H22N4O3. The molecule has 7 nitrogen and oxygen atoms in total. The van der Waals surface area contributed by atoms with Gasteiger partial charge in [0.05, 0.1) is 17.7 Å². The smallest absolute Gasteiger partial charge is 0.315 e. The van der Waals surface area contributed by atoms with Gasteiger partial charge in [0.1, 0.15) is 0 Å². The second kappa shape index (κ2) is 6.15. The maximum Gasteiger partial charge on any atom is 0.315 e. The largest absolute Gasteiger partial charge is 0.481 e. The molecule has 3 N–H and O–H groups in total. The Morgan fingerprint density at radius 2 is 2.19 bits per heavy atom. The molecule has 0 saturated heterocycles. The van der Waals surface area contributed by atoms with Crippen molar-refractivity contribution in [3.63, 3.8) is 0 Å². The lowest BCUT2D eigenvalue weighted by molar-refractivity contribution is -0.139. The highest BCUT2D eigenvalue weighted by molar-refractivity contribution is 5.77. The van der Waals surface area contributed by atoms with Gasteiger partial charge in [0.25, 0.3) is 0 Å². The lowest BCUT2D eigenvalue weighted by Gasteiger charge is -2.41. The number of hydrogen-bond acceptors (Lipinski definition) is 3. The molecule has 1 aliphatic rings. The summed E-state index contributed by atoms with van der Waals surface area (Å²) >= 11 is 0. The van der Waals surface area contributed by atoms with Gasteiger partial charge in [0, 0.05) is 25.4 Å². The number of urea groups is 1. The molecule has 0 aromatic carbocycles. The van der Waals surface area contributed by atoms with Gasteiger partial charge >= 0.3 is 12.0 Å². The summed E-state index contributed by atoms with van der Waals surface area (Å²) in [6, 6.07) is -0.318. The molecule has 0 radical (unpaired) electrons. The Morgan fingerprint density at radius 3 is 2.71 bits per heavy atom. The van der Waals surface area contributed by atoms with Crippen LogP contribution in [0.4, 0.5) is 4.79 Å². The number of carbonyl (C=O) groups is 2. The monoisotopic (exact) mass is 294 g/mol. The highest BCUT2D eigenvalue weighted by atomic mass is 16.4. The number of nitrogens with zero attached hydrogens (tertiary/aromatic N) is 2. The molecule has 0 aliphatic heterocycles. The van der Waals surface area contributed by atoms with Gasteiger partial charge in [0.2, 0.25) is 0 Å². The third-order valence-corrected chi connectivity index (χ3v) is 3.95. The zero-order chi connectivity index (χ0) is 15.5. The molecule has 2 amide bonds. The van der Waals surface area contributed by atoms with Crippen LogP contribution in [-0.4, -0.2) is 32.4 Å². The van der Waals surface area contributed by atoms with Crippen molar-refractivity contribution in [2.45, 2.75) is 51.1 Å². The Bertz CT molecular complexity index is 534. The van der Waals surface area contributed by atoms with Gasteiger partial charge in [-0.05, 0) is 25.7 Å². The number of aliphatic carboxylic acids is 1. The molecular weight excluding hydrogens is 272 g/mol. The number of carboxylic acids is 1. The Balaban J connectivity index is 1.88. The van der Waals surface area contributed by atoms with Crippen LogP contribution in [0.3, 0.4) is 0 Å². The SMILES string of the molecule is CCc1nn(C)cc1CNC(=O)NC1(CC(=O)O)CCC1. The van der Waals surface area contributed by atoms with Gasteiger partial charge in [-0.3, -0.25) is 9.48 Å². The third-order valence-electron chi connectivity index (χ3n) is 3.95. The highest BCUT2D eigenvalue weighted by Gasteiger charge is 2.40. The predicted molar refractivity (Wildman–Crippen MR) is 76.8 cm³/mol. The summed E-state index contributed by atoms with van der Waals surface area (Å²) in [4.78, 5) is 22.8. The molecule has 21 heavy (non-hydrogen) atoms. The van der Waals surface area contributed by atoms with Gasteiger partial charge in [-0.2, -0.15) is 5.10 Å². The Morgan fingerprint density at radius 1 is 1.48 bits per heavy atom. The third kappa shape index (κ3) is 3.74. The molecule has 0 atom stereocenters. The molecule has 1 aromatic rings. The van der Waals surface area contributed by atoms with Gasteiger partial charge in [-0.1, -0.05) is 6.92 Å². The number of amides is 2. The fourth-order valence-electron chi connectivity index (χ4n) is 2.73. The van der Waals surface area contributed by atoms with E-state index in [4.69, 9.17) is 5.11 Å². The fraction of sp³-hybridized carbons (Fsp3) is 0.643. The van der Waals surface area contributed by atoms with Crippen molar-refractivity contribution in [2.24, 2.45) is 7.05 Å². The van der Waals surface area contributed by atoms with E-state index in [0.717, 1.165) is 36.9 Å². The normalized spacial score (nSPS) is 16.1. The Hall–Kier alpha value is -2.05. The number of carbonyl (C=O) groups excluding carboxylic acids is 1. The molecule has 1 heterocycles. The van der Waals surface area contributed by atoms with Crippen LogP contribution in [0, 0.1) is 0 Å². The number of aromatic nitrogens is 2. The molecule has 7 heteroatoms. The van der Waals surface area contributed by atoms with E-state index in [1.807, 2.05) is 20.2 Å². The standard InChI is InChI=1S/C14H22N4O3/c1-3-11-10(9-18(2)17-11)8-15-13(21)16-14(5-4-6-14)7-12(19)20/h9H,3-8H2,1-2H3,(H,19,20)(H2,15,16,21). The first-order valence-corrected chi connectivity index (χ1v) is 7.23. The second-order valence-electron chi connectivity index (χ2n) is 5.64. The first-order valence-electron chi connectivity index (χ1n) is 7.23. The molecule has 2 rings (SSSR count). The van der Waals surface area contributed by atoms with Crippen LogP contribution in [0.25, 0.3) is 0 Å². The highest BCUT2D eigenvalue weighted by Crippen LogP contribution is 2.34. The summed E-state index contributed by atoms with van der Waals surface area (Å²) in [7, 11) is 1.85. The van der Waals surface area contributed by atoms with E-state index in [0.29, 0.717) is 6.54 Å². The topological polar surface area (TPSA) is 96.3 Å². The fourth-order valence-corrected chi connectivity index (χ4v) is 2.73. The van der Waals surface area contributed by atoms with E-state index < -0.39 is 11.5 Å². The first-order chi connectivity index (χ1) is 9.94. The molecule has 1 saturated carbocycles. The zero-order valence-corrected chi connectivity index (χ0v) is 12.5.